The molecule has 2 unspecified atom stereocenters. The molecule has 1 amide bonds. The summed E-state index contributed by atoms with van der Waals surface area (Å²) in [5, 5.41) is 12.3. The van der Waals surface area contributed by atoms with E-state index in [1.54, 1.807) is 13.0 Å². The fourth-order valence-electron chi connectivity index (χ4n) is 3.09. The summed E-state index contributed by atoms with van der Waals surface area (Å²) in [5.74, 6) is 0.493. The highest BCUT2D eigenvalue weighted by molar-refractivity contribution is 5.82. The molecule has 128 valence electrons. The number of hydrogen-bond acceptors (Lipinski definition) is 4. The first-order valence-electron chi connectivity index (χ1n) is 8.43. The van der Waals surface area contributed by atoms with Gasteiger partial charge in [-0.25, -0.2) is 0 Å². The van der Waals surface area contributed by atoms with Crippen molar-refractivity contribution in [1.29, 1.82) is 5.26 Å². The SMILES string of the molecule is CC(=O)C1CC(N(Cc2cccc(C#N)c2)C(=O)CC(C)C)CN1. The molecule has 1 heterocycles. The van der Waals surface area contributed by atoms with Crippen LogP contribution in [0.4, 0.5) is 0 Å². The molecule has 1 fully saturated rings. The molecule has 5 heteroatoms. The zero-order chi connectivity index (χ0) is 17.7. The van der Waals surface area contributed by atoms with E-state index in [2.05, 4.69) is 11.4 Å². The molecule has 2 atom stereocenters. The number of rotatable bonds is 6. The molecule has 24 heavy (non-hydrogen) atoms. The lowest BCUT2D eigenvalue weighted by molar-refractivity contribution is -0.135. The van der Waals surface area contributed by atoms with Crippen molar-refractivity contribution >= 4 is 11.7 Å². The number of nitrogens with one attached hydrogen (secondary N) is 1. The second kappa shape index (κ2) is 8.07. The minimum absolute atomic E-state index is 0.0101. The van der Waals surface area contributed by atoms with Gasteiger partial charge >= 0.3 is 0 Å². The van der Waals surface area contributed by atoms with Crippen LogP contribution in [0.5, 0.6) is 0 Å². The standard InChI is InChI=1S/C19H25N3O2/c1-13(2)7-19(24)22(17-9-18(14(3)23)21-11-17)12-16-6-4-5-15(8-16)10-20/h4-6,8,13,17-18,21H,7,9,11-12H2,1-3H3. The lowest BCUT2D eigenvalue weighted by atomic mass is 10.0. The Bertz CT molecular complexity index is 648. The number of hydrogen-bond donors (Lipinski definition) is 1. The van der Waals surface area contributed by atoms with E-state index in [0.717, 1.165) is 5.56 Å². The van der Waals surface area contributed by atoms with Gasteiger partial charge in [-0.15, -0.1) is 0 Å². The number of carbonyl (C=O) groups excluding carboxylic acids is 2. The van der Waals surface area contributed by atoms with E-state index < -0.39 is 0 Å². The van der Waals surface area contributed by atoms with Gasteiger partial charge in [0.05, 0.1) is 17.7 Å². The molecule has 5 nitrogen and oxygen atoms in total. The first kappa shape index (κ1) is 18.2. The molecular formula is C19H25N3O2. The molecule has 0 aliphatic carbocycles. The van der Waals surface area contributed by atoms with Gasteiger partial charge in [-0.2, -0.15) is 5.26 Å². The van der Waals surface area contributed by atoms with Gasteiger partial charge in [0.15, 0.2) is 0 Å². The molecule has 1 N–H and O–H groups in total. The molecule has 0 bridgehead atoms. The molecule has 1 aromatic carbocycles. The molecule has 0 spiro atoms. The van der Waals surface area contributed by atoms with Crippen LogP contribution >= 0.6 is 0 Å². The highest BCUT2D eigenvalue weighted by Crippen LogP contribution is 2.20. The third-order valence-electron chi connectivity index (χ3n) is 4.35. The highest BCUT2D eigenvalue weighted by atomic mass is 16.2. The minimum Gasteiger partial charge on any atom is -0.334 e. The zero-order valence-corrected chi connectivity index (χ0v) is 14.6. The Hall–Kier alpha value is -2.19. The van der Waals surface area contributed by atoms with Crippen molar-refractivity contribution in [2.45, 2.75) is 52.2 Å². The van der Waals surface area contributed by atoms with E-state index in [4.69, 9.17) is 5.26 Å². The van der Waals surface area contributed by atoms with Crippen molar-refractivity contribution in [3.8, 4) is 6.07 Å². The molecule has 0 aromatic heterocycles. The minimum atomic E-state index is -0.171. The normalized spacial score (nSPS) is 20.0. The maximum Gasteiger partial charge on any atom is 0.223 e. The summed E-state index contributed by atoms with van der Waals surface area (Å²) >= 11 is 0. The van der Waals surface area contributed by atoms with Crippen molar-refractivity contribution in [2.24, 2.45) is 5.92 Å². The van der Waals surface area contributed by atoms with Crippen LogP contribution in [0.2, 0.25) is 0 Å². The van der Waals surface area contributed by atoms with Gasteiger partial charge in [0.1, 0.15) is 5.78 Å². The van der Waals surface area contributed by atoms with Crippen LogP contribution in [0, 0.1) is 17.2 Å². The third-order valence-corrected chi connectivity index (χ3v) is 4.35. The van der Waals surface area contributed by atoms with Gasteiger partial charge in [0.2, 0.25) is 5.91 Å². The van der Waals surface area contributed by atoms with Gasteiger partial charge in [-0.3, -0.25) is 9.59 Å². The predicted octanol–water partition coefficient (Wildman–Crippen LogP) is 2.25. The number of amides is 1. The van der Waals surface area contributed by atoms with Crippen molar-refractivity contribution in [1.82, 2.24) is 10.2 Å². The summed E-state index contributed by atoms with van der Waals surface area (Å²) in [4.78, 5) is 26.2. The second-order valence-electron chi connectivity index (χ2n) is 6.89. The fourth-order valence-corrected chi connectivity index (χ4v) is 3.09. The van der Waals surface area contributed by atoms with Gasteiger partial charge in [0.25, 0.3) is 0 Å². The molecular weight excluding hydrogens is 302 g/mol. The Balaban J connectivity index is 2.18. The summed E-state index contributed by atoms with van der Waals surface area (Å²) in [6.07, 6.45) is 1.14. The van der Waals surface area contributed by atoms with E-state index in [1.165, 1.54) is 0 Å². The van der Waals surface area contributed by atoms with Gasteiger partial charge in [0, 0.05) is 25.6 Å². The Morgan fingerprint density at radius 1 is 1.42 bits per heavy atom. The van der Waals surface area contributed by atoms with Crippen LogP contribution in [0.15, 0.2) is 24.3 Å². The average Bonchev–Trinajstić information content (AvgIpc) is 3.02. The number of benzene rings is 1. The Morgan fingerprint density at radius 2 is 2.17 bits per heavy atom. The monoisotopic (exact) mass is 327 g/mol. The average molecular weight is 327 g/mol. The molecule has 0 radical (unpaired) electrons. The second-order valence-corrected chi connectivity index (χ2v) is 6.89. The molecule has 1 aliphatic heterocycles. The van der Waals surface area contributed by atoms with Crippen LogP contribution in [0.25, 0.3) is 0 Å². The van der Waals surface area contributed by atoms with E-state index in [0.29, 0.717) is 31.5 Å². The molecule has 1 aliphatic rings. The van der Waals surface area contributed by atoms with Crippen molar-refractivity contribution in [3.63, 3.8) is 0 Å². The maximum atomic E-state index is 12.7. The van der Waals surface area contributed by atoms with E-state index in [1.807, 2.05) is 36.9 Å². The smallest absolute Gasteiger partial charge is 0.223 e. The number of Topliss-reactive ketones (excluding diaryl/α,β-unsaturated/α-hetero) is 1. The highest BCUT2D eigenvalue weighted by Gasteiger charge is 2.33. The van der Waals surface area contributed by atoms with Crippen molar-refractivity contribution in [2.75, 3.05) is 6.54 Å². The Kier molecular flexibility index (Phi) is 6.10. The van der Waals surface area contributed by atoms with Crippen LogP contribution in [0.3, 0.4) is 0 Å². The van der Waals surface area contributed by atoms with Gasteiger partial charge < -0.3 is 10.2 Å². The first-order valence-corrected chi connectivity index (χ1v) is 8.43. The van der Waals surface area contributed by atoms with Crippen LogP contribution in [-0.4, -0.2) is 35.2 Å². The fraction of sp³-hybridized carbons (Fsp3) is 0.526. The number of nitriles is 1. The largest absolute Gasteiger partial charge is 0.334 e. The molecule has 0 saturated carbocycles. The summed E-state index contributed by atoms with van der Waals surface area (Å²) in [5.41, 5.74) is 1.53. The summed E-state index contributed by atoms with van der Waals surface area (Å²) in [6, 6.07) is 9.32. The number of carbonyl (C=O) groups is 2. The molecule has 1 saturated heterocycles. The molecule has 1 aromatic rings. The molecule has 2 rings (SSSR count). The zero-order valence-electron chi connectivity index (χ0n) is 14.6. The first-order chi connectivity index (χ1) is 11.4. The van der Waals surface area contributed by atoms with Crippen LogP contribution < -0.4 is 5.32 Å². The lowest BCUT2D eigenvalue weighted by Crippen LogP contribution is -2.41. The summed E-state index contributed by atoms with van der Waals surface area (Å²) < 4.78 is 0. The number of ketones is 1. The van der Waals surface area contributed by atoms with Crippen LogP contribution in [0.1, 0.15) is 44.7 Å². The summed E-state index contributed by atoms with van der Waals surface area (Å²) in [7, 11) is 0. The van der Waals surface area contributed by atoms with E-state index in [9.17, 15) is 9.59 Å². The van der Waals surface area contributed by atoms with Crippen molar-refractivity contribution < 1.29 is 9.59 Å². The van der Waals surface area contributed by atoms with E-state index >= 15 is 0 Å². The maximum absolute atomic E-state index is 12.7. The van der Waals surface area contributed by atoms with Gasteiger partial charge in [-0.1, -0.05) is 26.0 Å². The quantitative estimate of drug-likeness (QED) is 0.870. The third kappa shape index (κ3) is 4.65. The lowest BCUT2D eigenvalue weighted by Gasteiger charge is -2.29. The number of nitrogens with zero attached hydrogens (tertiary/aromatic N) is 2. The topological polar surface area (TPSA) is 73.2 Å². The van der Waals surface area contributed by atoms with E-state index in [-0.39, 0.29) is 29.7 Å². The summed E-state index contributed by atoms with van der Waals surface area (Å²) in [6.45, 7) is 6.73. The van der Waals surface area contributed by atoms with Crippen molar-refractivity contribution in [3.05, 3.63) is 35.4 Å². The van der Waals surface area contributed by atoms with Crippen LogP contribution in [-0.2, 0) is 16.1 Å². The predicted molar refractivity (Wildman–Crippen MR) is 92.0 cm³/mol. The van der Waals surface area contributed by atoms with Gasteiger partial charge in [-0.05, 0) is 37.0 Å². The Labute approximate surface area is 143 Å². The Morgan fingerprint density at radius 3 is 2.75 bits per heavy atom.